The average molecular weight is 621 g/mol. The second-order valence-corrected chi connectivity index (χ2v) is 12.5. The number of allylic oxidation sites excluding steroid dienone is 2. The summed E-state index contributed by atoms with van der Waals surface area (Å²) in [5, 5.41) is 10.3. The summed E-state index contributed by atoms with van der Waals surface area (Å²) < 4.78 is 5.72. The van der Waals surface area contributed by atoms with Crippen LogP contribution in [-0.4, -0.2) is 51.7 Å². The molecule has 0 aromatic carbocycles. The van der Waals surface area contributed by atoms with E-state index in [1.54, 1.807) is 45.2 Å². The predicted molar refractivity (Wildman–Crippen MR) is 166 cm³/mol. The quantitative estimate of drug-likeness (QED) is 0.136. The van der Waals surface area contributed by atoms with Crippen molar-refractivity contribution in [3.8, 4) is 0 Å². The van der Waals surface area contributed by atoms with E-state index in [9.17, 15) is 24.0 Å². The molecule has 0 saturated carbocycles. The molecule has 232 valence electrons. The molecule has 3 amide bonds. The average Bonchev–Trinajstić information content (AvgIpc) is 3.44. The Morgan fingerprint density at radius 3 is 2.57 bits per heavy atom. The number of carbonyl (C=O) groups excluding carboxylic acids is 5. The first-order valence-corrected chi connectivity index (χ1v) is 16.5. The molecule has 2 rings (SSSR count). The van der Waals surface area contributed by atoms with Crippen LogP contribution in [-0.2, 0) is 23.9 Å². The first-order chi connectivity index (χ1) is 20.0. The number of unbranched alkanes of at least 4 members (excludes halogenated alkanes) is 4. The van der Waals surface area contributed by atoms with Crippen molar-refractivity contribution in [3.63, 3.8) is 0 Å². The zero-order chi connectivity index (χ0) is 31.1. The van der Waals surface area contributed by atoms with Crippen molar-refractivity contribution >= 4 is 51.9 Å². The maximum absolute atomic E-state index is 13.2. The topological polar surface area (TPSA) is 144 Å². The van der Waals surface area contributed by atoms with Crippen LogP contribution in [0.1, 0.15) is 108 Å². The molecule has 1 aliphatic rings. The van der Waals surface area contributed by atoms with Crippen LogP contribution >= 0.6 is 23.1 Å². The highest BCUT2D eigenvalue weighted by atomic mass is 32.2. The van der Waals surface area contributed by atoms with Gasteiger partial charge < -0.3 is 20.7 Å². The van der Waals surface area contributed by atoms with Crippen LogP contribution in [0.15, 0.2) is 29.3 Å². The van der Waals surface area contributed by atoms with E-state index in [-0.39, 0.29) is 34.8 Å². The Bertz CT molecular complexity index is 1150. The first-order valence-electron chi connectivity index (χ1n) is 14.6. The molecule has 2 heterocycles. The Balaban J connectivity index is 2.14. The molecule has 1 aromatic rings. The lowest BCUT2D eigenvalue weighted by atomic mass is 10.0. The van der Waals surface area contributed by atoms with Crippen molar-refractivity contribution in [2.75, 3.05) is 5.75 Å². The number of hydrogen-bond acceptors (Lipinski definition) is 9. The molecule has 1 aromatic heterocycles. The van der Waals surface area contributed by atoms with E-state index in [0.29, 0.717) is 23.6 Å². The second-order valence-electron chi connectivity index (χ2n) is 10.5. The largest absolute Gasteiger partial charge is 0.456 e. The lowest BCUT2D eigenvalue weighted by Gasteiger charge is -2.24. The monoisotopic (exact) mass is 620 g/mol. The van der Waals surface area contributed by atoms with Gasteiger partial charge in [-0.05, 0) is 38.7 Å². The summed E-state index contributed by atoms with van der Waals surface area (Å²) in [7, 11) is 0. The summed E-state index contributed by atoms with van der Waals surface area (Å²) in [5.41, 5.74) is 0.0923. The normalized spacial score (nSPS) is 21.8. The van der Waals surface area contributed by atoms with Crippen LogP contribution in [0.3, 0.4) is 0 Å². The summed E-state index contributed by atoms with van der Waals surface area (Å²) in [6.07, 6.45) is 10.5. The molecule has 0 radical (unpaired) electrons. The van der Waals surface area contributed by atoms with Gasteiger partial charge in [0.05, 0.1) is 12.5 Å². The van der Waals surface area contributed by atoms with Gasteiger partial charge in [0.15, 0.2) is 5.12 Å². The number of thioether (sulfide) groups is 1. The smallest absolute Gasteiger partial charge is 0.329 e. The molecule has 3 atom stereocenters. The van der Waals surface area contributed by atoms with Crippen molar-refractivity contribution in [3.05, 3.63) is 40.0 Å². The highest BCUT2D eigenvalue weighted by molar-refractivity contribution is 8.13. The van der Waals surface area contributed by atoms with Crippen molar-refractivity contribution in [2.45, 2.75) is 104 Å². The number of nitrogens with one attached hydrogen (secondary N) is 3. The van der Waals surface area contributed by atoms with E-state index in [2.05, 4.69) is 27.9 Å². The Kier molecular flexibility index (Phi) is 15.5. The predicted octanol–water partition coefficient (Wildman–Crippen LogP) is 4.98. The lowest BCUT2D eigenvalue weighted by molar-refractivity contribution is -0.153. The summed E-state index contributed by atoms with van der Waals surface area (Å²) in [6.45, 7) is 9.02. The molecule has 42 heavy (non-hydrogen) atoms. The number of aromatic nitrogens is 1. The third kappa shape index (κ3) is 12.1. The van der Waals surface area contributed by atoms with Gasteiger partial charge in [0.1, 0.15) is 28.5 Å². The maximum Gasteiger partial charge on any atom is 0.329 e. The van der Waals surface area contributed by atoms with Crippen molar-refractivity contribution < 1.29 is 28.7 Å². The van der Waals surface area contributed by atoms with E-state index in [1.807, 2.05) is 0 Å². The van der Waals surface area contributed by atoms with Gasteiger partial charge in [0.2, 0.25) is 5.91 Å². The Labute approximate surface area is 256 Å². The van der Waals surface area contributed by atoms with Gasteiger partial charge in [0, 0.05) is 17.6 Å². The third-order valence-corrected chi connectivity index (χ3v) is 8.52. The molecule has 0 aliphatic carbocycles. The minimum Gasteiger partial charge on any atom is -0.456 e. The zero-order valence-corrected chi connectivity index (χ0v) is 26.8. The van der Waals surface area contributed by atoms with Gasteiger partial charge in [-0.15, -0.1) is 11.3 Å². The minimum absolute atomic E-state index is 0.0223. The minimum atomic E-state index is -1.02. The van der Waals surface area contributed by atoms with Gasteiger partial charge in [-0.2, -0.15) is 0 Å². The standard InChI is InChI=1S/C30H44N4O6S2/c1-6-8-9-10-11-15-25(36)41-16-13-12-14-21-17-24(35)31-20(5)29-33-23(18-42-29)28(38)32-22(7-2)27(37)34-26(19(3)4)30(39)40-21/h7,12,14,18-21,26H,6,8-11,13,15-17H2,1-5H3,(H,31,35)(H,32,38)(H,34,37)/t20-,21+,26-/m0/s1. The van der Waals surface area contributed by atoms with E-state index < -0.39 is 36.0 Å². The second kappa shape index (κ2) is 18.5. The van der Waals surface area contributed by atoms with E-state index in [1.165, 1.54) is 42.0 Å². The molecule has 2 bridgehead atoms. The number of esters is 1. The van der Waals surface area contributed by atoms with E-state index in [4.69, 9.17) is 4.74 Å². The van der Waals surface area contributed by atoms with Gasteiger partial charge in [0.25, 0.3) is 11.8 Å². The third-order valence-electron chi connectivity index (χ3n) is 6.53. The number of carbonyl (C=O) groups is 5. The number of thiazole rings is 1. The Morgan fingerprint density at radius 2 is 1.88 bits per heavy atom. The molecule has 0 saturated heterocycles. The number of ether oxygens (including phenoxy) is 1. The van der Waals surface area contributed by atoms with Crippen LogP contribution in [0.25, 0.3) is 0 Å². The summed E-state index contributed by atoms with van der Waals surface area (Å²) in [4.78, 5) is 68.3. The number of rotatable bonds is 11. The molecule has 0 fully saturated rings. The molecular formula is C30H44N4O6S2. The molecule has 12 heteroatoms. The summed E-state index contributed by atoms with van der Waals surface area (Å²) in [6, 6.07) is -1.51. The van der Waals surface area contributed by atoms with Crippen molar-refractivity contribution in [2.24, 2.45) is 5.92 Å². The SMILES string of the molecule is CC=C1NC(=O)c2csc(n2)[C@H](C)NC(=O)C[C@@H](C=CCCSC(=O)CCCCCCC)OC(=O)[C@H](C(C)C)NC1=O. The zero-order valence-electron chi connectivity index (χ0n) is 25.2. The van der Waals surface area contributed by atoms with Crippen LogP contribution in [0.4, 0.5) is 0 Å². The fraction of sp³-hybridized carbons (Fsp3) is 0.600. The molecule has 3 N–H and O–H groups in total. The highest BCUT2D eigenvalue weighted by Gasteiger charge is 2.30. The summed E-state index contributed by atoms with van der Waals surface area (Å²) >= 11 is 2.50. The van der Waals surface area contributed by atoms with Crippen LogP contribution in [0.2, 0.25) is 0 Å². The van der Waals surface area contributed by atoms with Gasteiger partial charge >= 0.3 is 5.97 Å². The number of hydrogen-bond donors (Lipinski definition) is 3. The van der Waals surface area contributed by atoms with E-state index in [0.717, 1.165) is 19.3 Å². The molecule has 10 nitrogen and oxygen atoms in total. The number of amides is 3. The fourth-order valence-corrected chi connectivity index (χ4v) is 5.68. The highest BCUT2D eigenvalue weighted by Crippen LogP contribution is 2.20. The van der Waals surface area contributed by atoms with Gasteiger partial charge in [-0.3, -0.25) is 19.2 Å². The molecule has 0 unspecified atom stereocenters. The van der Waals surface area contributed by atoms with Crippen molar-refractivity contribution in [1.29, 1.82) is 0 Å². The van der Waals surface area contributed by atoms with Gasteiger partial charge in [-0.25, -0.2) is 9.78 Å². The fourth-order valence-electron chi connectivity index (χ4n) is 4.10. The Morgan fingerprint density at radius 1 is 1.14 bits per heavy atom. The number of fused-ring (bicyclic) bond motifs is 2. The molecule has 1 aliphatic heterocycles. The first kappa shape index (κ1) is 35.2. The van der Waals surface area contributed by atoms with Crippen LogP contribution in [0.5, 0.6) is 0 Å². The number of cyclic esters (lactones) is 1. The van der Waals surface area contributed by atoms with Crippen LogP contribution < -0.4 is 16.0 Å². The molecule has 0 spiro atoms. The van der Waals surface area contributed by atoms with Crippen molar-refractivity contribution in [1.82, 2.24) is 20.9 Å². The molecular weight excluding hydrogens is 576 g/mol. The lowest BCUT2D eigenvalue weighted by Crippen LogP contribution is -2.48. The maximum atomic E-state index is 13.2. The van der Waals surface area contributed by atoms with Crippen LogP contribution in [0, 0.1) is 5.92 Å². The Hall–Kier alpha value is -2.99. The van der Waals surface area contributed by atoms with E-state index >= 15 is 0 Å². The van der Waals surface area contributed by atoms with Gasteiger partial charge in [-0.1, -0.05) is 70.4 Å². The summed E-state index contributed by atoms with van der Waals surface area (Å²) in [5.74, 6) is -2.03. The number of nitrogens with zero attached hydrogens (tertiary/aromatic N) is 1.